The Balaban J connectivity index is 2.22. The molecule has 0 saturated carbocycles. The van der Waals surface area contributed by atoms with Crippen molar-refractivity contribution in [1.82, 2.24) is 4.57 Å². The standard InChI is InChI=1S/C19H17Cl2NO2/c1-22-18(11-12-4-2-3-5-15(12)19(22)24)14(8-9-23)13-6-7-16(20)17(21)10-13/h2-7,10-11,14,23H,8-9H2,1H3. The molecular weight excluding hydrogens is 345 g/mol. The maximum Gasteiger partial charge on any atom is 0.258 e. The average molecular weight is 362 g/mol. The number of halogens is 2. The topological polar surface area (TPSA) is 42.2 Å². The largest absolute Gasteiger partial charge is 0.396 e. The van der Waals surface area contributed by atoms with Gasteiger partial charge in [0.25, 0.3) is 5.56 Å². The second kappa shape index (κ2) is 6.98. The van der Waals surface area contributed by atoms with Gasteiger partial charge in [-0.3, -0.25) is 4.79 Å². The van der Waals surface area contributed by atoms with Crippen LogP contribution in [0.3, 0.4) is 0 Å². The van der Waals surface area contributed by atoms with E-state index < -0.39 is 0 Å². The molecule has 0 radical (unpaired) electrons. The van der Waals surface area contributed by atoms with Crippen LogP contribution in [0.15, 0.2) is 53.3 Å². The summed E-state index contributed by atoms with van der Waals surface area (Å²) in [6.07, 6.45) is 0.490. The third-order valence-corrected chi connectivity index (χ3v) is 5.05. The Morgan fingerprint density at radius 2 is 1.83 bits per heavy atom. The summed E-state index contributed by atoms with van der Waals surface area (Å²) in [7, 11) is 1.76. The van der Waals surface area contributed by atoms with E-state index in [0.717, 1.165) is 16.6 Å². The third kappa shape index (κ3) is 3.07. The molecule has 0 fully saturated rings. The van der Waals surface area contributed by atoms with E-state index in [2.05, 4.69) is 0 Å². The zero-order valence-electron chi connectivity index (χ0n) is 13.2. The molecule has 1 heterocycles. The second-order valence-corrected chi connectivity index (χ2v) is 6.57. The van der Waals surface area contributed by atoms with Gasteiger partial charge in [0.2, 0.25) is 0 Å². The fraction of sp³-hybridized carbons (Fsp3) is 0.211. The first-order chi connectivity index (χ1) is 11.5. The minimum absolute atomic E-state index is 0.00588. The minimum atomic E-state index is -0.146. The third-order valence-electron chi connectivity index (χ3n) is 4.31. The molecule has 24 heavy (non-hydrogen) atoms. The quantitative estimate of drug-likeness (QED) is 0.749. The van der Waals surface area contributed by atoms with Crippen LogP contribution in [0.2, 0.25) is 10.0 Å². The first-order valence-electron chi connectivity index (χ1n) is 7.67. The number of hydrogen-bond donors (Lipinski definition) is 1. The molecule has 3 aromatic rings. The van der Waals surface area contributed by atoms with Gasteiger partial charge >= 0.3 is 0 Å². The number of aliphatic hydroxyl groups is 1. The van der Waals surface area contributed by atoms with Crippen molar-refractivity contribution in [2.24, 2.45) is 7.05 Å². The van der Waals surface area contributed by atoms with Crippen molar-refractivity contribution in [1.29, 1.82) is 0 Å². The summed E-state index contributed by atoms with van der Waals surface area (Å²) in [5.74, 6) is -0.146. The molecule has 0 aliphatic heterocycles. The SMILES string of the molecule is Cn1c(C(CCO)c2ccc(Cl)c(Cl)c2)cc2ccccc2c1=O. The van der Waals surface area contributed by atoms with Gasteiger partial charge in [-0.05, 0) is 41.6 Å². The molecule has 2 aromatic carbocycles. The van der Waals surface area contributed by atoms with Gasteiger partial charge in [0.1, 0.15) is 0 Å². The molecule has 1 N–H and O–H groups in total. The van der Waals surface area contributed by atoms with Gasteiger partial charge in [0, 0.05) is 30.7 Å². The van der Waals surface area contributed by atoms with E-state index in [4.69, 9.17) is 23.2 Å². The summed E-state index contributed by atoms with van der Waals surface area (Å²) in [4.78, 5) is 12.7. The van der Waals surface area contributed by atoms with Gasteiger partial charge in [-0.15, -0.1) is 0 Å². The lowest BCUT2D eigenvalue weighted by molar-refractivity contribution is 0.280. The first kappa shape index (κ1) is 17.0. The molecule has 0 saturated heterocycles. The van der Waals surface area contributed by atoms with E-state index in [9.17, 15) is 9.90 Å². The molecule has 3 rings (SSSR count). The lowest BCUT2D eigenvalue weighted by atomic mass is 9.91. The number of nitrogens with zero attached hydrogens (tertiary/aromatic N) is 1. The highest BCUT2D eigenvalue weighted by atomic mass is 35.5. The summed E-state index contributed by atoms with van der Waals surface area (Å²) >= 11 is 12.2. The summed E-state index contributed by atoms with van der Waals surface area (Å²) in [6.45, 7) is 0.00588. The molecule has 1 atom stereocenters. The molecule has 1 unspecified atom stereocenters. The normalized spacial score (nSPS) is 12.5. The van der Waals surface area contributed by atoms with E-state index in [1.54, 1.807) is 23.7 Å². The van der Waals surface area contributed by atoms with E-state index in [0.29, 0.717) is 21.9 Å². The van der Waals surface area contributed by atoms with Gasteiger partial charge in [-0.2, -0.15) is 0 Å². The minimum Gasteiger partial charge on any atom is -0.396 e. The molecule has 0 amide bonds. The van der Waals surface area contributed by atoms with Crippen molar-refractivity contribution in [3.05, 3.63) is 80.2 Å². The average Bonchev–Trinajstić information content (AvgIpc) is 2.59. The van der Waals surface area contributed by atoms with E-state index in [1.165, 1.54) is 0 Å². The lowest BCUT2D eigenvalue weighted by Gasteiger charge is -2.21. The Morgan fingerprint density at radius 3 is 2.54 bits per heavy atom. The Morgan fingerprint density at radius 1 is 1.08 bits per heavy atom. The van der Waals surface area contributed by atoms with Crippen LogP contribution >= 0.6 is 23.2 Å². The predicted octanol–water partition coefficient (Wildman–Crippen LogP) is 4.36. The van der Waals surface area contributed by atoms with E-state index in [-0.39, 0.29) is 18.1 Å². The predicted molar refractivity (Wildman–Crippen MR) is 99.2 cm³/mol. The van der Waals surface area contributed by atoms with Crippen LogP contribution in [0.25, 0.3) is 10.8 Å². The maximum atomic E-state index is 12.7. The van der Waals surface area contributed by atoms with Crippen molar-refractivity contribution >= 4 is 34.0 Å². The monoisotopic (exact) mass is 361 g/mol. The molecule has 1 aromatic heterocycles. The highest BCUT2D eigenvalue weighted by molar-refractivity contribution is 6.42. The van der Waals surface area contributed by atoms with Gasteiger partial charge < -0.3 is 9.67 Å². The molecule has 0 aliphatic rings. The number of aromatic nitrogens is 1. The number of hydrogen-bond acceptors (Lipinski definition) is 2. The molecule has 0 spiro atoms. The number of pyridine rings is 1. The van der Waals surface area contributed by atoms with Gasteiger partial charge in [0.05, 0.1) is 10.0 Å². The maximum absolute atomic E-state index is 12.7. The number of aliphatic hydroxyl groups excluding tert-OH is 1. The Hall–Kier alpha value is -1.81. The summed E-state index contributed by atoms with van der Waals surface area (Å²) < 4.78 is 1.64. The summed E-state index contributed by atoms with van der Waals surface area (Å²) in [6, 6.07) is 14.9. The van der Waals surface area contributed by atoms with Crippen LogP contribution in [0, 0.1) is 0 Å². The zero-order valence-corrected chi connectivity index (χ0v) is 14.7. The van der Waals surface area contributed by atoms with E-state index in [1.807, 2.05) is 36.4 Å². The van der Waals surface area contributed by atoms with Gasteiger partial charge in [-0.1, -0.05) is 47.5 Å². The highest BCUT2D eigenvalue weighted by Crippen LogP contribution is 2.32. The van der Waals surface area contributed by atoms with Crippen LogP contribution in [0.5, 0.6) is 0 Å². The molecule has 5 heteroatoms. The Labute approximate surface area is 150 Å². The molecule has 0 aliphatic carbocycles. The van der Waals surface area contributed by atoms with Crippen molar-refractivity contribution in [3.8, 4) is 0 Å². The smallest absolute Gasteiger partial charge is 0.258 e. The van der Waals surface area contributed by atoms with Crippen LogP contribution in [0.1, 0.15) is 23.6 Å². The summed E-state index contributed by atoms with van der Waals surface area (Å²) in [5, 5.41) is 12.0. The molecular formula is C19H17Cl2NO2. The zero-order chi connectivity index (χ0) is 17.3. The molecule has 124 valence electrons. The number of rotatable bonds is 4. The van der Waals surface area contributed by atoms with Gasteiger partial charge in [-0.25, -0.2) is 0 Å². The number of fused-ring (bicyclic) bond motifs is 1. The van der Waals surface area contributed by atoms with Crippen molar-refractivity contribution in [3.63, 3.8) is 0 Å². The Bertz CT molecular complexity index is 950. The number of benzene rings is 2. The fourth-order valence-corrected chi connectivity index (χ4v) is 3.36. The van der Waals surface area contributed by atoms with Crippen LogP contribution in [0.4, 0.5) is 0 Å². The van der Waals surface area contributed by atoms with Crippen molar-refractivity contribution < 1.29 is 5.11 Å². The van der Waals surface area contributed by atoms with E-state index >= 15 is 0 Å². The highest BCUT2D eigenvalue weighted by Gasteiger charge is 2.19. The van der Waals surface area contributed by atoms with Crippen LogP contribution < -0.4 is 5.56 Å². The fourth-order valence-electron chi connectivity index (χ4n) is 3.05. The van der Waals surface area contributed by atoms with Gasteiger partial charge in [0.15, 0.2) is 0 Å². The van der Waals surface area contributed by atoms with Crippen molar-refractivity contribution in [2.45, 2.75) is 12.3 Å². The first-order valence-corrected chi connectivity index (χ1v) is 8.43. The lowest BCUT2D eigenvalue weighted by Crippen LogP contribution is -2.23. The summed E-state index contributed by atoms with van der Waals surface area (Å²) in [5.41, 5.74) is 1.71. The van der Waals surface area contributed by atoms with Crippen molar-refractivity contribution in [2.75, 3.05) is 6.61 Å². The van der Waals surface area contributed by atoms with Crippen LogP contribution in [-0.4, -0.2) is 16.3 Å². The second-order valence-electron chi connectivity index (χ2n) is 5.76. The molecule has 0 bridgehead atoms. The molecule has 3 nitrogen and oxygen atoms in total. The Kier molecular flexibility index (Phi) is 4.95. The van der Waals surface area contributed by atoms with Crippen LogP contribution in [-0.2, 0) is 7.05 Å².